The lowest BCUT2D eigenvalue weighted by Crippen LogP contribution is -2.30. The second-order valence-corrected chi connectivity index (χ2v) is 7.37. The van der Waals surface area contributed by atoms with E-state index in [1.807, 2.05) is 18.2 Å². The molecular weight excluding hydrogens is 511 g/mol. The Morgan fingerprint density at radius 3 is 2.05 bits per heavy atom. The van der Waals surface area contributed by atoms with Gasteiger partial charge in [0.15, 0.2) is 5.78 Å². The molecule has 0 unspecified atom stereocenters. The van der Waals surface area contributed by atoms with Crippen molar-refractivity contribution in [3.8, 4) is 0 Å². The molecular formula is C24H18F3N5O6. The van der Waals surface area contributed by atoms with Crippen LogP contribution in [0.25, 0.3) is 11.0 Å². The number of hydrazine groups is 1. The van der Waals surface area contributed by atoms with Crippen LogP contribution in [0.5, 0.6) is 0 Å². The molecule has 1 heterocycles. The molecule has 0 saturated heterocycles. The number of H-pyrrole nitrogens is 1. The van der Waals surface area contributed by atoms with E-state index in [0.717, 1.165) is 0 Å². The molecule has 6 N–H and O–H groups in total. The van der Waals surface area contributed by atoms with Crippen LogP contribution in [-0.4, -0.2) is 50.1 Å². The highest BCUT2D eigenvalue weighted by Gasteiger charge is 2.38. The fourth-order valence-electron chi connectivity index (χ4n) is 3.06. The van der Waals surface area contributed by atoms with Gasteiger partial charge in [0.1, 0.15) is 0 Å². The van der Waals surface area contributed by atoms with Crippen molar-refractivity contribution in [2.75, 3.05) is 10.7 Å². The van der Waals surface area contributed by atoms with E-state index in [-0.39, 0.29) is 22.9 Å². The molecule has 0 bridgehead atoms. The SMILES string of the molecule is O=C(O)C(F)(F)F.O=C(O)Nc1nc2ccc(C(=O)c3ccccc3C(=O)NNc3ccccc3)cc2[nH]1. The number of nitrogens with one attached hydrogen (secondary N) is 4. The lowest BCUT2D eigenvalue weighted by Gasteiger charge is -2.11. The largest absolute Gasteiger partial charge is 0.490 e. The first-order valence-electron chi connectivity index (χ1n) is 10.5. The molecule has 0 spiro atoms. The second kappa shape index (κ2) is 11.6. The molecule has 0 aliphatic heterocycles. The van der Waals surface area contributed by atoms with Crippen LogP contribution >= 0.6 is 0 Å². The number of imidazole rings is 1. The van der Waals surface area contributed by atoms with E-state index in [1.165, 1.54) is 0 Å². The zero-order valence-corrected chi connectivity index (χ0v) is 19.0. The number of benzene rings is 3. The Hall–Kier alpha value is -5.40. The highest BCUT2D eigenvalue weighted by molar-refractivity contribution is 6.16. The Bertz CT molecular complexity index is 1490. The minimum atomic E-state index is -5.08. The van der Waals surface area contributed by atoms with Crippen molar-refractivity contribution < 1.29 is 42.6 Å². The summed E-state index contributed by atoms with van der Waals surface area (Å²) in [6, 6.07) is 20.4. The zero-order valence-electron chi connectivity index (χ0n) is 19.0. The first kappa shape index (κ1) is 27.2. The van der Waals surface area contributed by atoms with E-state index >= 15 is 0 Å². The van der Waals surface area contributed by atoms with Crippen molar-refractivity contribution in [3.63, 3.8) is 0 Å². The van der Waals surface area contributed by atoms with Crippen LogP contribution in [0.2, 0.25) is 0 Å². The third-order valence-corrected chi connectivity index (χ3v) is 4.72. The number of carboxylic acid groups (broad SMARTS) is 2. The number of aromatic amines is 1. The van der Waals surface area contributed by atoms with Crippen molar-refractivity contribution in [1.82, 2.24) is 15.4 Å². The van der Waals surface area contributed by atoms with Gasteiger partial charge in [0.2, 0.25) is 5.95 Å². The maximum absolute atomic E-state index is 13.1. The molecule has 4 rings (SSSR count). The first-order chi connectivity index (χ1) is 18.0. The number of ketones is 1. The Kier molecular flexibility index (Phi) is 8.27. The number of carbonyl (C=O) groups excluding carboxylic acids is 2. The molecule has 0 aliphatic carbocycles. The van der Waals surface area contributed by atoms with Gasteiger partial charge in [-0.15, -0.1) is 0 Å². The van der Waals surface area contributed by atoms with Crippen LogP contribution in [0.15, 0.2) is 72.8 Å². The van der Waals surface area contributed by atoms with Gasteiger partial charge in [0.25, 0.3) is 5.91 Å². The summed E-state index contributed by atoms with van der Waals surface area (Å²) in [6.45, 7) is 0. The number of rotatable bonds is 6. The molecule has 2 amide bonds. The molecule has 0 saturated carbocycles. The van der Waals surface area contributed by atoms with Crippen molar-refractivity contribution >= 4 is 46.4 Å². The number of aromatic nitrogens is 2. The van der Waals surface area contributed by atoms with Gasteiger partial charge in [0, 0.05) is 11.1 Å². The molecule has 38 heavy (non-hydrogen) atoms. The number of carboxylic acids is 1. The average Bonchev–Trinajstić information content (AvgIpc) is 3.28. The minimum absolute atomic E-state index is 0.0545. The van der Waals surface area contributed by atoms with Gasteiger partial charge in [-0.1, -0.05) is 36.4 Å². The van der Waals surface area contributed by atoms with E-state index in [0.29, 0.717) is 22.3 Å². The molecule has 196 valence electrons. The summed E-state index contributed by atoms with van der Waals surface area (Å²) in [5, 5.41) is 18.1. The van der Waals surface area contributed by atoms with E-state index in [1.54, 1.807) is 54.6 Å². The summed E-state index contributed by atoms with van der Waals surface area (Å²) in [6.07, 6.45) is -6.33. The zero-order chi connectivity index (χ0) is 27.9. The van der Waals surface area contributed by atoms with Crippen molar-refractivity contribution in [1.29, 1.82) is 0 Å². The standard InChI is InChI=1S/C22H17N5O4.C2HF3O2/c28-19(13-10-11-17-18(12-13)24-21(23-17)25-22(30)31)15-8-4-5-9-16(15)20(29)27-26-14-6-2-1-3-7-14;3-2(4,5)1(6)7/h1-12,26H,(H,27,29)(H,30,31)(H2,23,24,25);(H,6,7). The highest BCUT2D eigenvalue weighted by atomic mass is 19.4. The quantitative estimate of drug-likeness (QED) is 0.159. The summed E-state index contributed by atoms with van der Waals surface area (Å²) in [7, 11) is 0. The number of fused-ring (bicyclic) bond motifs is 1. The van der Waals surface area contributed by atoms with Crippen LogP contribution in [0, 0.1) is 0 Å². The van der Waals surface area contributed by atoms with Gasteiger partial charge in [-0.2, -0.15) is 13.2 Å². The summed E-state index contributed by atoms with van der Waals surface area (Å²) in [4.78, 5) is 52.4. The van der Waals surface area contributed by atoms with Gasteiger partial charge in [-0.3, -0.25) is 25.8 Å². The Morgan fingerprint density at radius 2 is 1.45 bits per heavy atom. The number of para-hydroxylation sites is 1. The topological polar surface area (TPSA) is 174 Å². The number of nitrogens with zero attached hydrogens (tertiary/aromatic N) is 1. The lowest BCUT2D eigenvalue weighted by atomic mass is 9.97. The predicted molar refractivity (Wildman–Crippen MR) is 129 cm³/mol. The number of halogens is 3. The molecule has 0 radical (unpaired) electrons. The average molecular weight is 529 g/mol. The molecule has 3 aromatic carbocycles. The number of anilines is 2. The Morgan fingerprint density at radius 1 is 0.842 bits per heavy atom. The predicted octanol–water partition coefficient (Wildman–Crippen LogP) is 4.27. The lowest BCUT2D eigenvalue weighted by molar-refractivity contribution is -0.192. The van der Waals surface area contributed by atoms with E-state index < -0.39 is 24.1 Å². The second-order valence-electron chi connectivity index (χ2n) is 7.37. The molecule has 4 aromatic rings. The Labute approximate surface area is 211 Å². The number of alkyl halides is 3. The molecule has 14 heteroatoms. The van der Waals surface area contributed by atoms with Gasteiger partial charge in [-0.05, 0) is 36.4 Å². The fraction of sp³-hybridized carbons (Fsp3) is 0.0417. The van der Waals surface area contributed by atoms with Crippen LogP contribution in [0.4, 0.5) is 29.6 Å². The maximum atomic E-state index is 13.1. The molecule has 11 nitrogen and oxygen atoms in total. The number of aliphatic carboxylic acids is 1. The Balaban J connectivity index is 0.000000505. The van der Waals surface area contributed by atoms with Gasteiger partial charge < -0.3 is 15.2 Å². The number of carbonyl (C=O) groups is 4. The molecule has 0 aliphatic rings. The smallest absolute Gasteiger partial charge is 0.475 e. The number of hydrogen-bond donors (Lipinski definition) is 6. The van der Waals surface area contributed by atoms with E-state index in [4.69, 9.17) is 15.0 Å². The van der Waals surface area contributed by atoms with Crippen molar-refractivity contribution in [3.05, 3.63) is 89.5 Å². The third-order valence-electron chi connectivity index (χ3n) is 4.72. The van der Waals surface area contributed by atoms with Crippen LogP contribution < -0.4 is 16.2 Å². The van der Waals surface area contributed by atoms with Gasteiger partial charge in [0.05, 0.1) is 22.3 Å². The van der Waals surface area contributed by atoms with E-state index in [2.05, 4.69) is 26.1 Å². The van der Waals surface area contributed by atoms with E-state index in [9.17, 15) is 27.6 Å². The monoisotopic (exact) mass is 529 g/mol. The van der Waals surface area contributed by atoms with Crippen molar-refractivity contribution in [2.45, 2.75) is 6.18 Å². The molecule has 1 aromatic heterocycles. The molecule has 0 fully saturated rings. The maximum Gasteiger partial charge on any atom is 0.490 e. The summed E-state index contributed by atoms with van der Waals surface area (Å²) in [5.41, 5.74) is 7.87. The highest BCUT2D eigenvalue weighted by Crippen LogP contribution is 2.20. The minimum Gasteiger partial charge on any atom is -0.475 e. The van der Waals surface area contributed by atoms with Crippen molar-refractivity contribution in [2.24, 2.45) is 0 Å². The van der Waals surface area contributed by atoms with Gasteiger partial charge >= 0.3 is 18.2 Å². The van der Waals surface area contributed by atoms with Crippen LogP contribution in [0.1, 0.15) is 26.3 Å². The summed E-state index contributed by atoms with van der Waals surface area (Å²) >= 11 is 0. The fourth-order valence-corrected chi connectivity index (χ4v) is 3.06. The molecule has 0 atom stereocenters. The third kappa shape index (κ3) is 7.07. The summed E-state index contributed by atoms with van der Waals surface area (Å²) < 4.78 is 31.7. The number of amides is 2. The van der Waals surface area contributed by atoms with Gasteiger partial charge in [-0.25, -0.2) is 14.6 Å². The normalized spacial score (nSPS) is 10.6. The van der Waals surface area contributed by atoms with Crippen LogP contribution in [-0.2, 0) is 4.79 Å². The number of hydrogen-bond acceptors (Lipinski definition) is 6. The van der Waals surface area contributed by atoms with Crippen LogP contribution in [0.3, 0.4) is 0 Å². The summed E-state index contributed by atoms with van der Waals surface area (Å²) in [5.74, 6) is -3.51. The first-order valence-corrected chi connectivity index (χ1v) is 10.5.